The monoisotopic (exact) mass is 610 g/mol. The van der Waals surface area contributed by atoms with E-state index in [2.05, 4.69) is 13.8 Å². The Morgan fingerprint density at radius 1 is 0.535 bits per heavy atom. The van der Waals surface area contributed by atoms with Crippen LogP contribution in [-0.2, 0) is 38.1 Å². The predicted octanol–water partition coefficient (Wildman–Crippen LogP) is 7.08. The van der Waals surface area contributed by atoms with Crippen LogP contribution in [0.15, 0.2) is 24.3 Å². The molecular formula is C34H58O9. The standard InChI is InChI=1S/C34H58O9/c1-3-5-7-9-11-13-19-25-40-31(36)23-17-15-21-27-42-33(38)29-30(35)34(39)43-28-22-16-18-24-32(37)41-26-20-14-12-10-8-6-4-2/h13-14,19-20,30,35H,3-12,15-18,21-29H2,1-2H3/b19-13-,20-14-. The number of hydrogen-bond donors (Lipinski definition) is 1. The van der Waals surface area contributed by atoms with Crippen LogP contribution in [0.2, 0.25) is 0 Å². The van der Waals surface area contributed by atoms with Gasteiger partial charge in [-0.25, -0.2) is 4.79 Å². The number of esters is 4. The summed E-state index contributed by atoms with van der Waals surface area (Å²) >= 11 is 0. The van der Waals surface area contributed by atoms with Gasteiger partial charge in [0.15, 0.2) is 6.10 Å². The fourth-order valence-electron chi connectivity index (χ4n) is 4.03. The molecule has 0 heterocycles. The Balaban J connectivity index is 3.66. The average Bonchev–Trinajstić information content (AvgIpc) is 2.99. The van der Waals surface area contributed by atoms with E-state index in [0.717, 1.165) is 25.7 Å². The zero-order valence-electron chi connectivity index (χ0n) is 26.9. The Morgan fingerprint density at radius 2 is 1.00 bits per heavy atom. The summed E-state index contributed by atoms with van der Waals surface area (Å²) in [6.07, 6.45) is 21.8. The van der Waals surface area contributed by atoms with Crippen LogP contribution in [0, 0.1) is 0 Å². The molecule has 0 aliphatic heterocycles. The molecule has 0 aromatic rings. The molecule has 1 unspecified atom stereocenters. The summed E-state index contributed by atoms with van der Waals surface area (Å²) in [4.78, 5) is 47.3. The summed E-state index contributed by atoms with van der Waals surface area (Å²) < 4.78 is 20.4. The molecule has 1 N–H and O–H groups in total. The van der Waals surface area contributed by atoms with Crippen molar-refractivity contribution in [1.82, 2.24) is 0 Å². The Labute approximate surface area is 259 Å². The lowest BCUT2D eigenvalue weighted by Crippen LogP contribution is -2.27. The minimum absolute atomic E-state index is 0.0958. The number of carbonyl (C=O) groups excluding carboxylic acids is 4. The van der Waals surface area contributed by atoms with Gasteiger partial charge in [-0.15, -0.1) is 0 Å². The van der Waals surface area contributed by atoms with E-state index in [-0.39, 0.29) is 25.2 Å². The quantitative estimate of drug-likeness (QED) is 0.0409. The van der Waals surface area contributed by atoms with Gasteiger partial charge in [-0.1, -0.05) is 76.7 Å². The van der Waals surface area contributed by atoms with Crippen molar-refractivity contribution in [3.05, 3.63) is 24.3 Å². The number of aliphatic hydroxyl groups is 1. The van der Waals surface area contributed by atoms with E-state index in [0.29, 0.717) is 64.6 Å². The second kappa shape index (κ2) is 30.8. The van der Waals surface area contributed by atoms with Gasteiger partial charge in [0.2, 0.25) is 0 Å². The van der Waals surface area contributed by atoms with E-state index in [4.69, 9.17) is 18.9 Å². The maximum Gasteiger partial charge on any atom is 0.335 e. The van der Waals surface area contributed by atoms with Crippen LogP contribution in [0.1, 0.15) is 136 Å². The van der Waals surface area contributed by atoms with E-state index in [1.807, 2.05) is 24.3 Å². The first kappa shape index (κ1) is 40.3. The zero-order valence-corrected chi connectivity index (χ0v) is 26.9. The van der Waals surface area contributed by atoms with Crippen molar-refractivity contribution in [3.8, 4) is 0 Å². The smallest absolute Gasteiger partial charge is 0.335 e. The van der Waals surface area contributed by atoms with Gasteiger partial charge in [-0.3, -0.25) is 14.4 Å². The van der Waals surface area contributed by atoms with E-state index in [1.54, 1.807) is 0 Å². The summed E-state index contributed by atoms with van der Waals surface area (Å²) in [6.45, 7) is 5.19. The van der Waals surface area contributed by atoms with Crippen LogP contribution < -0.4 is 0 Å². The molecule has 0 bridgehead atoms. The Kier molecular flexibility index (Phi) is 28.8. The fourth-order valence-corrected chi connectivity index (χ4v) is 4.03. The van der Waals surface area contributed by atoms with Crippen molar-refractivity contribution in [1.29, 1.82) is 0 Å². The van der Waals surface area contributed by atoms with Gasteiger partial charge in [-0.2, -0.15) is 0 Å². The molecule has 0 saturated carbocycles. The van der Waals surface area contributed by atoms with Gasteiger partial charge in [0, 0.05) is 12.8 Å². The second-order valence-corrected chi connectivity index (χ2v) is 10.7. The SMILES string of the molecule is CCCCCC/C=C\COC(=O)CCCCCOC(=O)CC(O)C(=O)OCCCCCC(=O)OC/C=C\CCCCCC. The molecule has 0 saturated heterocycles. The van der Waals surface area contributed by atoms with E-state index in [1.165, 1.54) is 38.5 Å². The third-order valence-electron chi connectivity index (χ3n) is 6.65. The van der Waals surface area contributed by atoms with Crippen molar-refractivity contribution >= 4 is 23.9 Å². The normalized spacial score (nSPS) is 12.0. The Hall–Kier alpha value is -2.68. The first-order valence-electron chi connectivity index (χ1n) is 16.5. The van der Waals surface area contributed by atoms with Crippen molar-refractivity contribution in [2.24, 2.45) is 0 Å². The highest BCUT2D eigenvalue weighted by Gasteiger charge is 2.21. The Morgan fingerprint density at radius 3 is 1.49 bits per heavy atom. The minimum Gasteiger partial charge on any atom is -0.466 e. The highest BCUT2D eigenvalue weighted by atomic mass is 16.6. The van der Waals surface area contributed by atoms with Crippen molar-refractivity contribution < 1.29 is 43.2 Å². The molecule has 0 aliphatic carbocycles. The first-order chi connectivity index (χ1) is 20.9. The largest absolute Gasteiger partial charge is 0.466 e. The summed E-state index contributed by atoms with van der Waals surface area (Å²) in [5, 5.41) is 9.89. The minimum atomic E-state index is -1.58. The van der Waals surface area contributed by atoms with Crippen LogP contribution in [0.4, 0.5) is 0 Å². The Bertz CT molecular complexity index is 776. The lowest BCUT2D eigenvalue weighted by atomic mass is 10.1. The van der Waals surface area contributed by atoms with Gasteiger partial charge < -0.3 is 24.1 Å². The molecule has 0 rings (SSSR count). The molecule has 0 aromatic carbocycles. The fraction of sp³-hybridized carbons (Fsp3) is 0.765. The molecule has 248 valence electrons. The maximum atomic E-state index is 11.9. The number of unbranched alkanes of at least 4 members (excludes halogenated alkanes) is 12. The lowest BCUT2D eigenvalue weighted by Gasteiger charge is -2.11. The van der Waals surface area contributed by atoms with Crippen molar-refractivity contribution in [2.45, 2.75) is 142 Å². The first-order valence-corrected chi connectivity index (χ1v) is 16.5. The summed E-state index contributed by atoms with van der Waals surface area (Å²) in [6, 6.07) is 0. The van der Waals surface area contributed by atoms with Crippen molar-refractivity contribution in [3.63, 3.8) is 0 Å². The molecule has 0 aromatic heterocycles. The van der Waals surface area contributed by atoms with Gasteiger partial charge >= 0.3 is 23.9 Å². The summed E-state index contributed by atoms with van der Waals surface area (Å²) in [5.41, 5.74) is 0. The molecule has 9 heteroatoms. The number of aliphatic hydroxyl groups excluding tert-OH is 1. The van der Waals surface area contributed by atoms with E-state index >= 15 is 0 Å². The number of ether oxygens (including phenoxy) is 4. The van der Waals surface area contributed by atoms with Crippen LogP contribution in [0.25, 0.3) is 0 Å². The molecule has 0 aliphatic rings. The zero-order chi connectivity index (χ0) is 31.8. The van der Waals surface area contributed by atoms with Crippen LogP contribution in [0.3, 0.4) is 0 Å². The van der Waals surface area contributed by atoms with Crippen molar-refractivity contribution in [2.75, 3.05) is 26.4 Å². The molecule has 0 radical (unpaired) electrons. The molecule has 1 atom stereocenters. The molecule has 0 amide bonds. The molecular weight excluding hydrogens is 552 g/mol. The van der Waals surface area contributed by atoms with Gasteiger partial charge in [-0.05, 0) is 64.2 Å². The molecule has 0 spiro atoms. The molecule has 0 fully saturated rings. The topological polar surface area (TPSA) is 125 Å². The molecule has 43 heavy (non-hydrogen) atoms. The van der Waals surface area contributed by atoms with E-state index in [9.17, 15) is 24.3 Å². The highest BCUT2D eigenvalue weighted by Crippen LogP contribution is 2.07. The van der Waals surface area contributed by atoms with Crippen LogP contribution in [0.5, 0.6) is 0 Å². The number of allylic oxidation sites excluding steroid dienone is 2. The van der Waals surface area contributed by atoms with Gasteiger partial charge in [0.1, 0.15) is 13.2 Å². The summed E-state index contributed by atoms with van der Waals surface area (Å²) in [7, 11) is 0. The third kappa shape index (κ3) is 29.2. The number of hydrogen-bond acceptors (Lipinski definition) is 9. The maximum absolute atomic E-state index is 11.9. The van der Waals surface area contributed by atoms with Crippen LogP contribution >= 0.6 is 0 Å². The van der Waals surface area contributed by atoms with Gasteiger partial charge in [0.25, 0.3) is 0 Å². The molecule has 9 nitrogen and oxygen atoms in total. The predicted molar refractivity (Wildman–Crippen MR) is 167 cm³/mol. The summed E-state index contributed by atoms with van der Waals surface area (Å²) in [5.74, 6) is -2.06. The highest BCUT2D eigenvalue weighted by molar-refractivity contribution is 5.81. The van der Waals surface area contributed by atoms with Crippen LogP contribution in [-0.4, -0.2) is 61.5 Å². The number of carbonyl (C=O) groups is 4. The van der Waals surface area contributed by atoms with E-state index < -0.39 is 24.5 Å². The number of rotatable bonds is 29. The average molecular weight is 611 g/mol. The second-order valence-electron chi connectivity index (χ2n) is 10.7. The third-order valence-corrected chi connectivity index (χ3v) is 6.65. The lowest BCUT2D eigenvalue weighted by molar-refractivity contribution is -0.160. The van der Waals surface area contributed by atoms with Gasteiger partial charge in [0.05, 0.1) is 19.6 Å².